The van der Waals surface area contributed by atoms with Crippen molar-refractivity contribution in [3.05, 3.63) is 17.0 Å². The van der Waals surface area contributed by atoms with Crippen molar-refractivity contribution in [3.8, 4) is 0 Å². The summed E-state index contributed by atoms with van der Waals surface area (Å²) in [6, 6.07) is 3.57. The molecule has 2 N–H and O–H groups in total. The molecule has 2 rings (SSSR count). The molecule has 4 nitrogen and oxygen atoms in total. The van der Waals surface area contributed by atoms with E-state index in [1.54, 1.807) is 6.07 Å². The van der Waals surface area contributed by atoms with Crippen LogP contribution in [0.5, 0.6) is 0 Å². The number of nitrogens with one attached hydrogen (secondary N) is 2. The smallest absolute Gasteiger partial charge is 0.250 e. The molecule has 0 unspecified atom stereocenters. The first kappa shape index (κ1) is 15.9. The van der Waals surface area contributed by atoms with Crippen LogP contribution in [0.15, 0.2) is 16.3 Å². The average molecular weight is 316 g/mol. The standard InChI is InChI=1S/C14H24N2O2S2/c1-14(8-4-3-5-9-14)11-16-20(17,18)13-7-6-12(19-13)10-15-2/h6-7,15-16H,3-5,8-11H2,1-2H3. The SMILES string of the molecule is CNCc1ccc(S(=O)(=O)NCC2(C)CCCCC2)s1. The minimum absolute atomic E-state index is 0.121. The van der Waals surface area contributed by atoms with E-state index in [9.17, 15) is 8.42 Å². The van der Waals surface area contributed by atoms with E-state index < -0.39 is 10.0 Å². The Bertz CT molecular complexity index is 531. The van der Waals surface area contributed by atoms with Gasteiger partial charge >= 0.3 is 0 Å². The van der Waals surface area contributed by atoms with Crippen molar-refractivity contribution in [2.24, 2.45) is 5.41 Å². The van der Waals surface area contributed by atoms with E-state index in [-0.39, 0.29) is 5.41 Å². The predicted octanol–water partition coefficient (Wildman–Crippen LogP) is 2.72. The summed E-state index contributed by atoms with van der Waals surface area (Å²) in [6.07, 6.45) is 5.93. The fraction of sp³-hybridized carbons (Fsp3) is 0.714. The van der Waals surface area contributed by atoms with Crippen LogP contribution in [0.2, 0.25) is 0 Å². The maximum Gasteiger partial charge on any atom is 0.250 e. The minimum atomic E-state index is -3.35. The number of thiophene rings is 1. The molecule has 0 aliphatic heterocycles. The molecule has 0 bridgehead atoms. The van der Waals surface area contributed by atoms with Crippen LogP contribution in [0.4, 0.5) is 0 Å². The molecule has 1 fully saturated rings. The third-order valence-corrected chi connectivity index (χ3v) is 6.98. The maximum atomic E-state index is 12.3. The van der Waals surface area contributed by atoms with Gasteiger partial charge in [0.05, 0.1) is 0 Å². The maximum absolute atomic E-state index is 12.3. The van der Waals surface area contributed by atoms with Crippen molar-refractivity contribution < 1.29 is 8.42 Å². The number of hydrogen-bond acceptors (Lipinski definition) is 4. The molecule has 0 spiro atoms. The van der Waals surface area contributed by atoms with E-state index >= 15 is 0 Å². The number of sulfonamides is 1. The zero-order valence-electron chi connectivity index (χ0n) is 12.2. The van der Waals surface area contributed by atoms with E-state index in [1.165, 1.54) is 30.6 Å². The Morgan fingerprint density at radius 2 is 1.95 bits per heavy atom. The van der Waals surface area contributed by atoms with Gasteiger partial charge in [0.1, 0.15) is 4.21 Å². The Morgan fingerprint density at radius 1 is 1.25 bits per heavy atom. The highest BCUT2D eigenvalue weighted by Crippen LogP contribution is 2.35. The second kappa shape index (κ2) is 6.56. The van der Waals surface area contributed by atoms with E-state index in [1.807, 2.05) is 13.1 Å². The minimum Gasteiger partial charge on any atom is -0.315 e. The summed E-state index contributed by atoms with van der Waals surface area (Å²) in [5.41, 5.74) is 0.121. The van der Waals surface area contributed by atoms with Gasteiger partial charge in [-0.1, -0.05) is 26.2 Å². The Labute approximate surface area is 126 Å². The van der Waals surface area contributed by atoms with Crippen molar-refractivity contribution in [1.82, 2.24) is 10.0 Å². The highest BCUT2D eigenvalue weighted by molar-refractivity contribution is 7.91. The quantitative estimate of drug-likeness (QED) is 0.848. The van der Waals surface area contributed by atoms with Crippen LogP contribution in [0.3, 0.4) is 0 Å². The summed E-state index contributed by atoms with van der Waals surface area (Å²) in [4.78, 5) is 1.04. The summed E-state index contributed by atoms with van der Waals surface area (Å²) in [7, 11) is -1.50. The normalized spacial score (nSPS) is 19.1. The van der Waals surface area contributed by atoms with Gasteiger partial charge < -0.3 is 5.32 Å². The molecular formula is C14H24N2O2S2. The van der Waals surface area contributed by atoms with Crippen LogP contribution in [0.1, 0.15) is 43.9 Å². The summed E-state index contributed by atoms with van der Waals surface area (Å²) in [5.74, 6) is 0. The summed E-state index contributed by atoms with van der Waals surface area (Å²) < 4.78 is 27.8. The topological polar surface area (TPSA) is 58.2 Å². The van der Waals surface area contributed by atoms with Crippen LogP contribution in [0.25, 0.3) is 0 Å². The lowest BCUT2D eigenvalue weighted by molar-refractivity contribution is 0.219. The second-order valence-electron chi connectivity index (χ2n) is 5.95. The lowest BCUT2D eigenvalue weighted by Crippen LogP contribution is -2.36. The molecule has 1 aromatic rings. The molecule has 114 valence electrons. The molecule has 1 aromatic heterocycles. The molecule has 0 radical (unpaired) electrons. The van der Waals surface area contributed by atoms with Crippen LogP contribution in [-0.4, -0.2) is 22.0 Å². The van der Waals surface area contributed by atoms with Gasteiger partial charge in [0.15, 0.2) is 0 Å². The van der Waals surface area contributed by atoms with E-state index in [0.717, 1.165) is 17.7 Å². The first-order chi connectivity index (χ1) is 9.45. The highest BCUT2D eigenvalue weighted by Gasteiger charge is 2.29. The molecule has 0 saturated heterocycles. The Hall–Kier alpha value is -0.430. The molecule has 1 saturated carbocycles. The fourth-order valence-corrected chi connectivity index (χ4v) is 5.31. The number of hydrogen-bond donors (Lipinski definition) is 2. The molecule has 0 amide bonds. The molecule has 1 aliphatic carbocycles. The van der Waals surface area contributed by atoms with Crippen molar-refractivity contribution in [3.63, 3.8) is 0 Å². The average Bonchev–Trinajstić information content (AvgIpc) is 2.88. The summed E-state index contributed by atoms with van der Waals surface area (Å²) >= 11 is 1.34. The van der Waals surface area contributed by atoms with Gasteiger partial charge in [0.2, 0.25) is 10.0 Å². The van der Waals surface area contributed by atoms with Crippen molar-refractivity contribution in [2.75, 3.05) is 13.6 Å². The molecule has 0 aromatic carbocycles. The van der Waals surface area contributed by atoms with Crippen molar-refractivity contribution >= 4 is 21.4 Å². The van der Waals surface area contributed by atoms with Gasteiger partial charge in [0, 0.05) is 18.0 Å². The monoisotopic (exact) mass is 316 g/mol. The van der Waals surface area contributed by atoms with E-state index in [2.05, 4.69) is 17.0 Å². The van der Waals surface area contributed by atoms with Crippen molar-refractivity contribution in [2.45, 2.75) is 49.8 Å². The van der Waals surface area contributed by atoms with E-state index in [4.69, 9.17) is 0 Å². The molecule has 20 heavy (non-hydrogen) atoms. The number of rotatable bonds is 6. The zero-order chi connectivity index (χ0) is 14.6. The largest absolute Gasteiger partial charge is 0.315 e. The predicted molar refractivity (Wildman–Crippen MR) is 83.5 cm³/mol. The Balaban J connectivity index is 1.99. The Kier molecular flexibility index (Phi) is 5.23. The zero-order valence-corrected chi connectivity index (χ0v) is 13.9. The fourth-order valence-electron chi connectivity index (χ4n) is 2.69. The third kappa shape index (κ3) is 4.04. The molecule has 0 atom stereocenters. The molecule has 6 heteroatoms. The van der Waals surface area contributed by atoms with Crippen molar-refractivity contribution in [1.29, 1.82) is 0 Å². The van der Waals surface area contributed by atoms with Gasteiger partial charge in [-0.2, -0.15) is 0 Å². The molecule has 1 aliphatic rings. The second-order valence-corrected chi connectivity index (χ2v) is 9.11. The summed E-state index contributed by atoms with van der Waals surface area (Å²) in [6.45, 7) is 3.45. The van der Waals surface area contributed by atoms with Crippen LogP contribution in [0, 0.1) is 5.41 Å². The van der Waals surface area contributed by atoms with Gasteiger partial charge in [-0.25, -0.2) is 13.1 Å². The van der Waals surface area contributed by atoms with Crippen LogP contribution < -0.4 is 10.0 Å². The van der Waals surface area contributed by atoms with Gasteiger partial charge in [-0.05, 0) is 37.4 Å². The van der Waals surface area contributed by atoms with Crippen LogP contribution in [-0.2, 0) is 16.6 Å². The lowest BCUT2D eigenvalue weighted by atomic mass is 9.76. The summed E-state index contributed by atoms with van der Waals surface area (Å²) in [5, 5.41) is 3.03. The van der Waals surface area contributed by atoms with Gasteiger partial charge in [-0.15, -0.1) is 11.3 Å². The lowest BCUT2D eigenvalue weighted by Gasteiger charge is -2.33. The Morgan fingerprint density at radius 3 is 2.60 bits per heavy atom. The first-order valence-electron chi connectivity index (χ1n) is 7.18. The highest BCUT2D eigenvalue weighted by atomic mass is 32.2. The van der Waals surface area contributed by atoms with Gasteiger partial charge in [-0.3, -0.25) is 0 Å². The van der Waals surface area contributed by atoms with Crippen LogP contribution >= 0.6 is 11.3 Å². The van der Waals surface area contributed by atoms with E-state index in [0.29, 0.717) is 17.3 Å². The molecular weight excluding hydrogens is 292 g/mol. The van der Waals surface area contributed by atoms with Gasteiger partial charge in [0.25, 0.3) is 0 Å². The molecule has 1 heterocycles. The first-order valence-corrected chi connectivity index (χ1v) is 9.48. The third-order valence-electron chi connectivity index (χ3n) is 4.00.